The maximum absolute atomic E-state index is 12.1. The first-order valence-corrected chi connectivity index (χ1v) is 7.49. The zero-order valence-corrected chi connectivity index (χ0v) is 12.7. The van der Waals surface area contributed by atoms with E-state index in [9.17, 15) is 4.79 Å². The van der Waals surface area contributed by atoms with Gasteiger partial charge in [0, 0.05) is 12.5 Å². The molecule has 0 amide bonds. The van der Waals surface area contributed by atoms with Gasteiger partial charge in [-0.1, -0.05) is 49.4 Å². The second-order valence-corrected chi connectivity index (χ2v) is 4.98. The van der Waals surface area contributed by atoms with Gasteiger partial charge >= 0.3 is 5.97 Å². The second-order valence-electron chi connectivity index (χ2n) is 4.98. The first kappa shape index (κ1) is 15.5. The zero-order valence-electron chi connectivity index (χ0n) is 12.7. The smallest absolute Gasteiger partial charge is 0.336 e. The summed E-state index contributed by atoms with van der Waals surface area (Å²) in [5.41, 5.74) is 3.02. The van der Waals surface area contributed by atoms with Gasteiger partial charge in [0.15, 0.2) is 0 Å². The lowest BCUT2D eigenvalue weighted by Crippen LogP contribution is -2.14. The number of benzene rings is 1. The Labute approximate surface area is 126 Å². The van der Waals surface area contributed by atoms with Crippen molar-refractivity contribution in [3.63, 3.8) is 0 Å². The quantitative estimate of drug-likeness (QED) is 0.566. The zero-order chi connectivity index (χ0) is 15.1. The number of esters is 1. The molecule has 1 unspecified atom stereocenters. The lowest BCUT2D eigenvalue weighted by Gasteiger charge is -2.11. The highest BCUT2D eigenvalue weighted by Gasteiger charge is 2.18. The van der Waals surface area contributed by atoms with Gasteiger partial charge in [-0.3, -0.25) is 0 Å². The summed E-state index contributed by atoms with van der Waals surface area (Å²) in [5.74, 6) is -0.158. The van der Waals surface area contributed by atoms with Crippen molar-refractivity contribution in [1.29, 1.82) is 0 Å². The third-order valence-electron chi connectivity index (χ3n) is 3.38. The molecule has 3 heteroatoms. The highest BCUT2D eigenvalue weighted by Crippen LogP contribution is 2.31. The van der Waals surface area contributed by atoms with Gasteiger partial charge in [0.1, 0.15) is 0 Å². The summed E-state index contributed by atoms with van der Waals surface area (Å²) < 4.78 is 10.6. The van der Waals surface area contributed by atoms with E-state index in [0.717, 1.165) is 6.42 Å². The van der Waals surface area contributed by atoms with Crippen molar-refractivity contribution >= 4 is 12.0 Å². The number of hydrogen-bond donors (Lipinski definition) is 0. The van der Waals surface area contributed by atoms with E-state index in [1.807, 2.05) is 32.1 Å². The Morgan fingerprint density at radius 3 is 2.86 bits per heavy atom. The fourth-order valence-corrected chi connectivity index (χ4v) is 2.31. The molecule has 112 valence electrons. The van der Waals surface area contributed by atoms with Crippen LogP contribution in [0.3, 0.4) is 0 Å². The molecule has 0 saturated carbocycles. The van der Waals surface area contributed by atoms with Crippen LogP contribution < -0.4 is 0 Å². The lowest BCUT2D eigenvalue weighted by atomic mass is 9.98. The van der Waals surface area contributed by atoms with Crippen molar-refractivity contribution in [2.24, 2.45) is 0 Å². The molecule has 1 aromatic carbocycles. The summed E-state index contributed by atoms with van der Waals surface area (Å²) in [4.78, 5) is 12.1. The maximum Gasteiger partial charge on any atom is 0.336 e. The number of fused-ring (bicyclic) bond motifs is 1. The van der Waals surface area contributed by atoms with Gasteiger partial charge in [-0.05, 0) is 24.5 Å². The number of carbonyl (C=O) groups is 1. The molecule has 0 saturated heterocycles. The van der Waals surface area contributed by atoms with Crippen LogP contribution >= 0.6 is 0 Å². The minimum atomic E-state index is -0.275. The summed E-state index contributed by atoms with van der Waals surface area (Å²) in [5, 5.41) is 0. The van der Waals surface area contributed by atoms with E-state index in [1.54, 1.807) is 0 Å². The number of ether oxygens (including phenoxy) is 2. The van der Waals surface area contributed by atoms with E-state index in [2.05, 4.69) is 24.3 Å². The molecule has 1 aromatic rings. The van der Waals surface area contributed by atoms with Crippen LogP contribution in [0.5, 0.6) is 0 Å². The molecule has 0 aromatic heterocycles. The average Bonchev–Trinajstić information content (AvgIpc) is 2.92. The Balaban J connectivity index is 2.16. The number of rotatable bonds is 7. The van der Waals surface area contributed by atoms with Crippen molar-refractivity contribution in [2.75, 3.05) is 19.8 Å². The number of hydrogen-bond acceptors (Lipinski definition) is 3. The number of carbonyl (C=O) groups excluding carboxylic acids is 1. The van der Waals surface area contributed by atoms with Gasteiger partial charge in [-0.25, -0.2) is 4.79 Å². The van der Waals surface area contributed by atoms with Crippen molar-refractivity contribution < 1.29 is 14.3 Å². The van der Waals surface area contributed by atoms with Crippen LogP contribution in [0, 0.1) is 0 Å². The van der Waals surface area contributed by atoms with Gasteiger partial charge in [0.05, 0.1) is 18.8 Å². The summed E-state index contributed by atoms with van der Waals surface area (Å²) in [6.07, 6.45) is 6.96. The van der Waals surface area contributed by atoms with E-state index >= 15 is 0 Å². The summed E-state index contributed by atoms with van der Waals surface area (Å²) in [6, 6.07) is 8.21. The van der Waals surface area contributed by atoms with Crippen molar-refractivity contribution in [1.82, 2.24) is 0 Å². The summed E-state index contributed by atoms with van der Waals surface area (Å²) >= 11 is 0. The van der Waals surface area contributed by atoms with Crippen LogP contribution in [0.1, 0.15) is 37.3 Å². The van der Waals surface area contributed by atoms with Crippen LogP contribution in [0.4, 0.5) is 0 Å². The molecule has 0 radical (unpaired) electrons. The minimum absolute atomic E-state index is 0.117. The Morgan fingerprint density at radius 2 is 2.10 bits per heavy atom. The molecule has 0 fully saturated rings. The molecule has 0 bridgehead atoms. The molecule has 21 heavy (non-hydrogen) atoms. The molecule has 0 spiro atoms. The standard InChI is InChI=1S/C18H22O3/c1-3-11-21-18(19)16(13-20-4-2)12-15-10-9-14-7-5-6-8-17(14)15/h5-10,12,15H,3-4,11,13H2,1-2H3. The van der Waals surface area contributed by atoms with Gasteiger partial charge in [0.25, 0.3) is 0 Å². The van der Waals surface area contributed by atoms with Gasteiger partial charge in [-0.15, -0.1) is 0 Å². The third kappa shape index (κ3) is 4.05. The number of allylic oxidation sites excluding steroid dienone is 2. The Morgan fingerprint density at radius 1 is 1.29 bits per heavy atom. The highest BCUT2D eigenvalue weighted by molar-refractivity contribution is 5.89. The first-order chi connectivity index (χ1) is 10.3. The van der Waals surface area contributed by atoms with E-state index in [-0.39, 0.29) is 11.9 Å². The molecule has 0 N–H and O–H groups in total. The van der Waals surface area contributed by atoms with E-state index in [1.165, 1.54) is 11.1 Å². The second kappa shape index (κ2) is 7.79. The monoisotopic (exact) mass is 286 g/mol. The van der Waals surface area contributed by atoms with Crippen LogP contribution in [-0.4, -0.2) is 25.8 Å². The topological polar surface area (TPSA) is 35.5 Å². The SMILES string of the molecule is CCCOC(=O)C(=CC1C=Cc2ccccc21)COCC. The lowest BCUT2D eigenvalue weighted by molar-refractivity contribution is -0.139. The minimum Gasteiger partial charge on any atom is -0.462 e. The van der Waals surface area contributed by atoms with Crippen LogP contribution in [0.15, 0.2) is 42.0 Å². The van der Waals surface area contributed by atoms with Crippen LogP contribution in [0.2, 0.25) is 0 Å². The molecule has 1 aliphatic rings. The van der Waals surface area contributed by atoms with E-state index < -0.39 is 0 Å². The first-order valence-electron chi connectivity index (χ1n) is 7.49. The normalized spacial score (nSPS) is 16.9. The predicted octanol–water partition coefficient (Wildman–Crippen LogP) is 3.71. The van der Waals surface area contributed by atoms with Gasteiger partial charge in [0.2, 0.25) is 0 Å². The van der Waals surface area contributed by atoms with Crippen LogP contribution in [0.25, 0.3) is 6.08 Å². The molecule has 1 atom stereocenters. The Kier molecular flexibility index (Phi) is 5.76. The Bertz CT molecular complexity index is 543. The van der Waals surface area contributed by atoms with E-state index in [4.69, 9.17) is 9.47 Å². The van der Waals surface area contributed by atoms with E-state index in [0.29, 0.717) is 25.4 Å². The van der Waals surface area contributed by atoms with Gasteiger partial charge < -0.3 is 9.47 Å². The average molecular weight is 286 g/mol. The fraction of sp³-hybridized carbons (Fsp3) is 0.389. The predicted molar refractivity (Wildman–Crippen MR) is 84.0 cm³/mol. The molecule has 0 heterocycles. The van der Waals surface area contributed by atoms with Crippen molar-refractivity contribution in [3.05, 3.63) is 53.1 Å². The van der Waals surface area contributed by atoms with Crippen molar-refractivity contribution in [3.8, 4) is 0 Å². The van der Waals surface area contributed by atoms with Crippen LogP contribution in [-0.2, 0) is 14.3 Å². The van der Waals surface area contributed by atoms with Crippen molar-refractivity contribution in [2.45, 2.75) is 26.2 Å². The fourth-order valence-electron chi connectivity index (χ4n) is 2.31. The largest absolute Gasteiger partial charge is 0.462 e. The maximum atomic E-state index is 12.1. The highest BCUT2D eigenvalue weighted by atomic mass is 16.5. The molecule has 2 rings (SSSR count). The molecule has 0 aliphatic heterocycles. The summed E-state index contributed by atoms with van der Waals surface area (Å²) in [6.45, 7) is 5.22. The molecule has 3 nitrogen and oxygen atoms in total. The van der Waals surface area contributed by atoms with Gasteiger partial charge in [-0.2, -0.15) is 0 Å². The molecular weight excluding hydrogens is 264 g/mol. The molecule has 1 aliphatic carbocycles. The molecular formula is C18H22O3. The third-order valence-corrected chi connectivity index (χ3v) is 3.38. The Hall–Kier alpha value is -1.87. The summed E-state index contributed by atoms with van der Waals surface area (Å²) in [7, 11) is 0.